The highest BCUT2D eigenvalue weighted by molar-refractivity contribution is 5.99. The summed E-state index contributed by atoms with van der Waals surface area (Å²) in [5, 5.41) is 0. The van der Waals surface area contributed by atoms with E-state index in [4.69, 9.17) is 19.9 Å². The Balaban J connectivity index is 2.15. The van der Waals surface area contributed by atoms with Crippen molar-refractivity contribution in [2.75, 3.05) is 34.5 Å². The van der Waals surface area contributed by atoms with Crippen LogP contribution in [0.2, 0.25) is 0 Å². The average molecular weight is 633 g/mol. The van der Waals surface area contributed by atoms with Gasteiger partial charge in [0.15, 0.2) is 0 Å². The predicted octanol–water partition coefficient (Wildman–Crippen LogP) is 5.26. The molecule has 0 bridgehead atoms. The lowest BCUT2D eigenvalue weighted by Crippen LogP contribution is -2.60. The first-order chi connectivity index (χ1) is 20.8. The topological polar surface area (TPSA) is 130 Å². The van der Waals surface area contributed by atoms with Crippen molar-refractivity contribution in [3.05, 3.63) is 64.7 Å². The van der Waals surface area contributed by atoms with E-state index in [-0.39, 0.29) is 30.9 Å². The van der Waals surface area contributed by atoms with Gasteiger partial charge in [0.25, 0.3) is 0 Å². The first kappa shape index (κ1) is 35.0. The maximum Gasteiger partial charge on any atom is 0.437 e. The van der Waals surface area contributed by atoms with Gasteiger partial charge in [-0.1, -0.05) is 18.2 Å². The minimum atomic E-state index is -1.20. The number of urea groups is 1. The molecule has 0 spiro atoms. The fourth-order valence-electron chi connectivity index (χ4n) is 4.47. The van der Waals surface area contributed by atoms with Crippen LogP contribution in [0.1, 0.15) is 64.3 Å². The van der Waals surface area contributed by atoms with Crippen LogP contribution in [0.15, 0.2) is 41.4 Å². The number of amides is 4. The van der Waals surface area contributed by atoms with E-state index in [0.29, 0.717) is 11.3 Å². The van der Waals surface area contributed by atoms with Crippen molar-refractivity contribution in [2.24, 2.45) is 10.7 Å². The highest BCUT2D eigenvalue weighted by atomic mass is 19.1. The van der Waals surface area contributed by atoms with Crippen molar-refractivity contribution in [2.45, 2.75) is 65.3 Å². The summed E-state index contributed by atoms with van der Waals surface area (Å²) < 4.78 is 47.5. The Labute approximate surface area is 262 Å². The van der Waals surface area contributed by atoms with Gasteiger partial charge in [0.2, 0.25) is 5.96 Å². The van der Waals surface area contributed by atoms with E-state index in [0.717, 1.165) is 11.0 Å². The third kappa shape index (κ3) is 9.03. The number of carbonyl (C=O) groups is 3. The van der Waals surface area contributed by atoms with Gasteiger partial charge in [0, 0.05) is 25.2 Å². The number of benzene rings is 2. The molecule has 1 fully saturated rings. The number of guanidine groups is 1. The molecule has 0 aliphatic carbocycles. The Morgan fingerprint density at radius 3 is 2.02 bits per heavy atom. The molecule has 1 saturated heterocycles. The van der Waals surface area contributed by atoms with Crippen LogP contribution in [0.25, 0.3) is 0 Å². The maximum absolute atomic E-state index is 16.2. The van der Waals surface area contributed by atoms with Crippen LogP contribution >= 0.6 is 0 Å². The zero-order valence-corrected chi connectivity index (χ0v) is 27.2. The van der Waals surface area contributed by atoms with Gasteiger partial charge in [-0.3, -0.25) is 0 Å². The first-order valence-electron chi connectivity index (χ1n) is 14.2. The average Bonchev–Trinajstić information content (AvgIpc) is 2.92. The number of ether oxygens (including phenoxy) is 3. The second kappa shape index (κ2) is 13.7. The molecule has 246 valence electrons. The van der Waals surface area contributed by atoms with Gasteiger partial charge in [-0.25, -0.2) is 28.1 Å². The van der Waals surface area contributed by atoms with Crippen LogP contribution in [0, 0.1) is 11.6 Å². The van der Waals surface area contributed by atoms with Crippen LogP contribution in [0.4, 0.5) is 23.2 Å². The predicted molar refractivity (Wildman–Crippen MR) is 163 cm³/mol. The van der Waals surface area contributed by atoms with Gasteiger partial charge in [0.05, 0.1) is 33.0 Å². The van der Waals surface area contributed by atoms with Gasteiger partial charge in [-0.05, 0) is 65.3 Å². The number of halogens is 2. The van der Waals surface area contributed by atoms with E-state index < -0.39 is 53.2 Å². The molecule has 12 nitrogen and oxygen atoms in total. The van der Waals surface area contributed by atoms with Crippen molar-refractivity contribution in [1.82, 2.24) is 19.6 Å². The van der Waals surface area contributed by atoms with Gasteiger partial charge in [-0.15, -0.1) is 4.99 Å². The molecule has 45 heavy (non-hydrogen) atoms. The fourth-order valence-corrected chi connectivity index (χ4v) is 4.47. The highest BCUT2D eigenvalue weighted by Crippen LogP contribution is 2.29. The van der Waals surface area contributed by atoms with Crippen LogP contribution < -0.4 is 10.5 Å². The van der Waals surface area contributed by atoms with Gasteiger partial charge in [0.1, 0.15) is 28.6 Å². The van der Waals surface area contributed by atoms with Crippen molar-refractivity contribution in [3.63, 3.8) is 0 Å². The third-order valence-electron chi connectivity index (χ3n) is 6.46. The molecule has 0 aromatic heterocycles. The molecule has 2 N–H and O–H groups in total. The molecule has 1 atom stereocenters. The largest absolute Gasteiger partial charge is 0.497 e. The number of carbonyl (C=O) groups excluding carboxylic acids is 3. The number of nitrogens with zero attached hydrogens (tertiary/aromatic N) is 5. The molecule has 1 unspecified atom stereocenters. The zero-order chi connectivity index (χ0) is 33.9. The molecule has 14 heteroatoms. The zero-order valence-electron chi connectivity index (χ0n) is 27.2. The minimum Gasteiger partial charge on any atom is -0.497 e. The fraction of sp³-hybridized carbons (Fsp3) is 0.484. The summed E-state index contributed by atoms with van der Waals surface area (Å²) in [5.41, 5.74) is 4.28. The number of nitrogens with two attached hydrogens (primary N) is 1. The minimum absolute atomic E-state index is 0.0798. The molecule has 0 saturated carbocycles. The Bertz CT molecular complexity index is 1420. The molecule has 0 radical (unpaired) electrons. The normalized spacial score (nSPS) is 15.2. The summed E-state index contributed by atoms with van der Waals surface area (Å²) in [7, 11) is 4.55. The monoisotopic (exact) mass is 632 g/mol. The SMILES string of the molecule is COc1ccc(C(N)c2c(F)ccc(CN(C(=O)OC(C)(C)C)/C(=N/C(=O)OC(C)(C)C)N3CN(C)C(=O)N(C)C3)c2F)cc1. The highest BCUT2D eigenvalue weighted by Gasteiger charge is 2.36. The smallest absolute Gasteiger partial charge is 0.437 e. The molecular formula is C31H42F2N6O6. The van der Waals surface area contributed by atoms with Gasteiger partial charge in [-0.2, -0.15) is 0 Å². The van der Waals surface area contributed by atoms with E-state index in [9.17, 15) is 14.4 Å². The first-order valence-corrected chi connectivity index (χ1v) is 14.2. The summed E-state index contributed by atoms with van der Waals surface area (Å²) in [6.45, 7) is 9.16. The van der Waals surface area contributed by atoms with Gasteiger partial charge >= 0.3 is 18.2 Å². The number of hydrogen-bond acceptors (Lipinski definition) is 7. The second-order valence-electron chi connectivity index (χ2n) is 12.6. The number of methoxy groups -OCH3 is 1. The molecule has 4 amide bonds. The van der Waals surface area contributed by atoms with E-state index in [1.54, 1.807) is 65.8 Å². The number of rotatable bonds is 5. The van der Waals surface area contributed by atoms with Crippen molar-refractivity contribution in [1.29, 1.82) is 0 Å². The molecule has 1 aliphatic heterocycles. The van der Waals surface area contributed by atoms with Crippen molar-refractivity contribution < 1.29 is 37.4 Å². The van der Waals surface area contributed by atoms with E-state index in [2.05, 4.69) is 4.99 Å². The van der Waals surface area contributed by atoms with Crippen LogP contribution in [-0.4, -0.2) is 89.5 Å². The second-order valence-corrected chi connectivity index (χ2v) is 12.6. The van der Waals surface area contributed by atoms with E-state index in [1.807, 2.05) is 0 Å². The Hall–Kier alpha value is -4.46. The van der Waals surface area contributed by atoms with Gasteiger partial charge < -0.3 is 34.6 Å². The van der Waals surface area contributed by atoms with E-state index >= 15 is 8.78 Å². The van der Waals surface area contributed by atoms with Crippen molar-refractivity contribution in [3.8, 4) is 5.75 Å². The summed E-state index contributed by atoms with van der Waals surface area (Å²) in [6.07, 6.45) is -2.01. The van der Waals surface area contributed by atoms with Crippen LogP contribution in [-0.2, 0) is 16.0 Å². The lowest BCUT2D eigenvalue weighted by Gasteiger charge is -2.42. The standard InChI is InChI=1S/C31H42F2N6O6/c1-30(2,3)44-27(40)35-26(38-17-36(7)28(41)37(8)18-38)39(29(42)45-31(4,5)6)16-20-12-15-22(32)23(24(20)33)25(34)19-10-13-21(43-9)14-11-19/h10-15,25H,16-18,34H2,1-9H3/b35-26+. The van der Waals surface area contributed by atoms with Crippen molar-refractivity contribution >= 4 is 24.2 Å². The molecule has 3 rings (SSSR count). The van der Waals surface area contributed by atoms with Crippen LogP contribution in [0.3, 0.4) is 0 Å². The maximum atomic E-state index is 16.2. The Morgan fingerprint density at radius 2 is 1.51 bits per heavy atom. The Morgan fingerprint density at radius 1 is 0.956 bits per heavy atom. The number of hydrogen-bond donors (Lipinski definition) is 1. The Kier molecular flexibility index (Phi) is 10.6. The summed E-state index contributed by atoms with van der Waals surface area (Å²) in [6, 6.07) is 7.15. The molecular weight excluding hydrogens is 590 g/mol. The third-order valence-corrected chi connectivity index (χ3v) is 6.46. The van der Waals surface area contributed by atoms with Crippen LogP contribution in [0.5, 0.6) is 5.75 Å². The summed E-state index contributed by atoms with van der Waals surface area (Å²) >= 11 is 0. The lowest BCUT2D eigenvalue weighted by molar-refractivity contribution is 0.0299. The summed E-state index contributed by atoms with van der Waals surface area (Å²) in [5.74, 6) is -1.61. The molecule has 1 aliphatic rings. The molecule has 2 aromatic rings. The molecule has 1 heterocycles. The lowest BCUT2D eigenvalue weighted by atomic mass is 9.96. The molecule has 2 aromatic carbocycles. The quantitative estimate of drug-likeness (QED) is 0.349. The number of aliphatic imine (C=N–C) groups is 1. The summed E-state index contributed by atoms with van der Waals surface area (Å²) in [4.78, 5) is 48.4. The van der Waals surface area contributed by atoms with E-state index in [1.165, 1.54) is 42.0 Å².